The number of amides is 2. The van der Waals surface area contributed by atoms with Gasteiger partial charge in [0.05, 0.1) is 0 Å². The number of anilines is 1. The van der Waals surface area contributed by atoms with Crippen molar-refractivity contribution in [2.45, 2.75) is 19.9 Å². The normalized spacial score (nSPS) is 17.9. The first-order valence-electron chi connectivity index (χ1n) is 7.24. The van der Waals surface area contributed by atoms with Crippen LogP contribution in [0.25, 0.3) is 0 Å². The molecule has 1 aromatic carbocycles. The predicted molar refractivity (Wildman–Crippen MR) is 81.8 cm³/mol. The molecule has 1 aromatic rings. The molecule has 0 radical (unpaired) electrons. The van der Waals surface area contributed by atoms with Gasteiger partial charge in [-0.15, -0.1) is 0 Å². The molecule has 1 heterocycles. The number of likely N-dealkylation sites (N-methyl/N-ethyl adjacent to an activating group) is 1. The third kappa shape index (κ3) is 3.71. The Morgan fingerprint density at radius 1 is 1.25 bits per heavy atom. The molecule has 1 atom stereocenters. The molecule has 20 heavy (non-hydrogen) atoms. The van der Waals surface area contributed by atoms with E-state index in [1.54, 1.807) is 0 Å². The highest BCUT2D eigenvalue weighted by molar-refractivity contribution is 5.89. The highest BCUT2D eigenvalue weighted by Crippen LogP contribution is 2.15. The summed E-state index contributed by atoms with van der Waals surface area (Å²) in [5, 5.41) is 2.94. The van der Waals surface area contributed by atoms with Gasteiger partial charge in [0, 0.05) is 37.9 Å². The van der Waals surface area contributed by atoms with Gasteiger partial charge >= 0.3 is 6.03 Å². The minimum atomic E-state index is -0.0192. The lowest BCUT2D eigenvalue weighted by atomic mass is 10.1. The molecule has 2 rings (SSSR count). The van der Waals surface area contributed by atoms with Crippen LogP contribution in [0.1, 0.15) is 25.5 Å². The number of hydrogen-bond acceptors (Lipinski definition) is 3. The van der Waals surface area contributed by atoms with Gasteiger partial charge in [0.1, 0.15) is 0 Å². The number of carbonyl (C=O) groups excluding carboxylic acids is 1. The minimum Gasteiger partial charge on any atom is -0.324 e. The maximum atomic E-state index is 12.2. The number of urea groups is 1. The Bertz CT molecular complexity index is 436. The first-order chi connectivity index (χ1) is 9.60. The third-order valence-corrected chi connectivity index (χ3v) is 3.79. The van der Waals surface area contributed by atoms with Gasteiger partial charge in [-0.3, -0.25) is 0 Å². The molecular formula is C15H24N4O. The van der Waals surface area contributed by atoms with E-state index in [0.29, 0.717) is 0 Å². The van der Waals surface area contributed by atoms with Crippen molar-refractivity contribution >= 4 is 11.7 Å². The average molecular weight is 276 g/mol. The zero-order valence-electron chi connectivity index (χ0n) is 12.3. The van der Waals surface area contributed by atoms with Crippen LogP contribution >= 0.6 is 0 Å². The lowest BCUT2D eigenvalue weighted by Gasteiger charge is -2.34. The van der Waals surface area contributed by atoms with Crippen molar-refractivity contribution < 1.29 is 4.79 Å². The SMILES string of the molecule is CCN1CCN(C(=O)Nc2ccc(C(C)N)cc2)CC1. The molecule has 1 aliphatic heterocycles. The third-order valence-electron chi connectivity index (χ3n) is 3.79. The van der Waals surface area contributed by atoms with Crippen LogP contribution in [-0.2, 0) is 0 Å². The molecule has 1 unspecified atom stereocenters. The summed E-state index contributed by atoms with van der Waals surface area (Å²) >= 11 is 0. The van der Waals surface area contributed by atoms with Gasteiger partial charge in [0.2, 0.25) is 0 Å². The quantitative estimate of drug-likeness (QED) is 0.886. The topological polar surface area (TPSA) is 61.6 Å². The van der Waals surface area contributed by atoms with E-state index in [1.165, 1.54) is 0 Å². The molecule has 1 fully saturated rings. The van der Waals surface area contributed by atoms with Crippen LogP contribution in [0.4, 0.5) is 10.5 Å². The predicted octanol–water partition coefficient (Wildman–Crippen LogP) is 1.88. The van der Waals surface area contributed by atoms with E-state index in [2.05, 4.69) is 17.1 Å². The van der Waals surface area contributed by atoms with Gasteiger partial charge in [0.25, 0.3) is 0 Å². The van der Waals surface area contributed by atoms with Crippen LogP contribution in [0.3, 0.4) is 0 Å². The van der Waals surface area contributed by atoms with Crippen LogP contribution < -0.4 is 11.1 Å². The maximum absolute atomic E-state index is 12.2. The zero-order chi connectivity index (χ0) is 14.5. The summed E-state index contributed by atoms with van der Waals surface area (Å²) in [6.07, 6.45) is 0. The van der Waals surface area contributed by atoms with E-state index >= 15 is 0 Å². The molecule has 0 spiro atoms. The second-order valence-corrected chi connectivity index (χ2v) is 5.26. The minimum absolute atomic E-state index is 0.0156. The molecule has 110 valence electrons. The fraction of sp³-hybridized carbons (Fsp3) is 0.533. The number of nitrogens with zero attached hydrogens (tertiary/aromatic N) is 2. The van der Waals surface area contributed by atoms with E-state index < -0.39 is 0 Å². The second kappa shape index (κ2) is 6.72. The lowest BCUT2D eigenvalue weighted by molar-refractivity contribution is 0.151. The van der Waals surface area contributed by atoms with Crippen LogP contribution in [0.15, 0.2) is 24.3 Å². The Hall–Kier alpha value is -1.59. The summed E-state index contributed by atoms with van der Waals surface area (Å²) in [5.41, 5.74) is 7.69. The monoisotopic (exact) mass is 276 g/mol. The van der Waals surface area contributed by atoms with E-state index in [9.17, 15) is 4.79 Å². The zero-order valence-corrected chi connectivity index (χ0v) is 12.3. The Labute approximate surface area is 120 Å². The fourth-order valence-corrected chi connectivity index (χ4v) is 2.34. The molecule has 0 aliphatic carbocycles. The molecule has 5 nitrogen and oxygen atoms in total. The van der Waals surface area contributed by atoms with Crippen LogP contribution in [0.2, 0.25) is 0 Å². The summed E-state index contributed by atoms with van der Waals surface area (Å²) < 4.78 is 0. The number of nitrogens with two attached hydrogens (primary N) is 1. The van der Waals surface area contributed by atoms with Crippen molar-refractivity contribution in [2.75, 3.05) is 38.0 Å². The summed E-state index contributed by atoms with van der Waals surface area (Å²) in [5.74, 6) is 0. The molecule has 0 bridgehead atoms. The molecule has 0 aromatic heterocycles. The van der Waals surface area contributed by atoms with Gasteiger partial charge < -0.3 is 20.9 Å². The fourth-order valence-electron chi connectivity index (χ4n) is 2.34. The smallest absolute Gasteiger partial charge is 0.321 e. The summed E-state index contributed by atoms with van der Waals surface area (Å²) in [7, 11) is 0. The second-order valence-electron chi connectivity index (χ2n) is 5.26. The van der Waals surface area contributed by atoms with Crippen molar-refractivity contribution in [1.82, 2.24) is 9.80 Å². The number of benzene rings is 1. The average Bonchev–Trinajstić information content (AvgIpc) is 2.48. The summed E-state index contributed by atoms with van der Waals surface area (Å²) in [6, 6.07) is 7.71. The van der Waals surface area contributed by atoms with Gasteiger partial charge in [-0.2, -0.15) is 0 Å². The molecule has 0 saturated carbocycles. The first-order valence-corrected chi connectivity index (χ1v) is 7.24. The summed E-state index contributed by atoms with van der Waals surface area (Å²) in [4.78, 5) is 16.4. The van der Waals surface area contributed by atoms with Gasteiger partial charge in [0.15, 0.2) is 0 Å². The van der Waals surface area contributed by atoms with Crippen molar-refractivity contribution in [1.29, 1.82) is 0 Å². The highest BCUT2D eigenvalue weighted by Gasteiger charge is 2.19. The molecule has 1 saturated heterocycles. The molecule has 2 amide bonds. The van der Waals surface area contributed by atoms with Crippen molar-refractivity contribution in [2.24, 2.45) is 5.73 Å². The number of nitrogens with one attached hydrogen (secondary N) is 1. The largest absolute Gasteiger partial charge is 0.324 e. The number of hydrogen-bond donors (Lipinski definition) is 2. The van der Waals surface area contributed by atoms with Crippen molar-refractivity contribution in [3.05, 3.63) is 29.8 Å². The number of carbonyl (C=O) groups is 1. The van der Waals surface area contributed by atoms with Gasteiger partial charge in [-0.05, 0) is 31.2 Å². The number of piperazine rings is 1. The van der Waals surface area contributed by atoms with Crippen molar-refractivity contribution in [3.8, 4) is 0 Å². The Kier molecular flexibility index (Phi) is 4.98. The number of rotatable bonds is 3. The van der Waals surface area contributed by atoms with E-state index in [1.807, 2.05) is 36.1 Å². The van der Waals surface area contributed by atoms with Crippen LogP contribution in [0, 0.1) is 0 Å². The van der Waals surface area contributed by atoms with Crippen LogP contribution in [-0.4, -0.2) is 48.6 Å². The van der Waals surface area contributed by atoms with Crippen LogP contribution in [0.5, 0.6) is 0 Å². The Balaban J connectivity index is 1.88. The van der Waals surface area contributed by atoms with E-state index in [-0.39, 0.29) is 12.1 Å². The van der Waals surface area contributed by atoms with Crippen molar-refractivity contribution in [3.63, 3.8) is 0 Å². The Morgan fingerprint density at radius 2 is 1.85 bits per heavy atom. The molecule has 1 aliphatic rings. The van der Waals surface area contributed by atoms with E-state index in [4.69, 9.17) is 5.73 Å². The van der Waals surface area contributed by atoms with Gasteiger partial charge in [-0.1, -0.05) is 19.1 Å². The highest BCUT2D eigenvalue weighted by atomic mass is 16.2. The summed E-state index contributed by atoms with van der Waals surface area (Å²) in [6.45, 7) is 8.63. The molecule has 3 N–H and O–H groups in total. The Morgan fingerprint density at radius 3 is 2.35 bits per heavy atom. The maximum Gasteiger partial charge on any atom is 0.321 e. The van der Waals surface area contributed by atoms with Gasteiger partial charge in [-0.25, -0.2) is 4.79 Å². The standard InChI is InChI=1S/C15H24N4O/c1-3-18-8-10-19(11-9-18)15(20)17-14-6-4-13(5-7-14)12(2)16/h4-7,12H,3,8-11,16H2,1-2H3,(H,17,20). The molecular weight excluding hydrogens is 252 g/mol. The lowest BCUT2D eigenvalue weighted by Crippen LogP contribution is -2.49. The van der Waals surface area contributed by atoms with E-state index in [0.717, 1.165) is 44.0 Å². The first kappa shape index (κ1) is 14.8. The molecule has 5 heteroatoms.